The van der Waals surface area contributed by atoms with Crippen molar-refractivity contribution in [1.29, 1.82) is 0 Å². The van der Waals surface area contributed by atoms with Crippen LogP contribution in [0.25, 0.3) is 10.9 Å². The maximum Gasteiger partial charge on any atom is 0.232 e. The van der Waals surface area contributed by atoms with Gasteiger partial charge < -0.3 is 4.52 Å². The summed E-state index contributed by atoms with van der Waals surface area (Å²) in [6.07, 6.45) is 5.68. The first-order chi connectivity index (χ1) is 10.6. The molecule has 3 aromatic rings. The Balaban J connectivity index is 1.81. The van der Waals surface area contributed by atoms with E-state index in [0.29, 0.717) is 6.42 Å². The molecule has 0 saturated carbocycles. The van der Waals surface area contributed by atoms with Gasteiger partial charge in [-0.2, -0.15) is 10.1 Å². The second-order valence-corrected chi connectivity index (χ2v) is 6.15. The van der Waals surface area contributed by atoms with Gasteiger partial charge in [-0.25, -0.2) is 0 Å². The van der Waals surface area contributed by atoms with E-state index in [1.54, 1.807) is 0 Å². The molecule has 0 aliphatic rings. The van der Waals surface area contributed by atoms with Gasteiger partial charge in [-0.1, -0.05) is 38.4 Å². The molecule has 3 rings (SSSR count). The third kappa shape index (κ3) is 2.75. The molecule has 0 spiro atoms. The molecule has 116 valence electrons. The number of fused-ring (bicyclic) bond motifs is 1. The summed E-state index contributed by atoms with van der Waals surface area (Å²) >= 11 is 0. The highest BCUT2D eigenvalue weighted by Crippen LogP contribution is 2.31. The number of aromatic amines is 1. The summed E-state index contributed by atoms with van der Waals surface area (Å²) in [5.41, 5.74) is 2.18. The third-order valence-corrected chi connectivity index (χ3v) is 4.43. The fourth-order valence-electron chi connectivity index (χ4n) is 2.84. The summed E-state index contributed by atoms with van der Waals surface area (Å²) in [5.74, 6) is 1.50. The molecule has 0 radical (unpaired) electrons. The normalized spacial score (nSPS) is 14.3. The van der Waals surface area contributed by atoms with E-state index in [0.717, 1.165) is 47.4 Å². The molecule has 1 atom stereocenters. The van der Waals surface area contributed by atoms with Gasteiger partial charge in [-0.15, -0.1) is 0 Å². The molecule has 0 amide bonds. The average Bonchev–Trinajstić information content (AvgIpc) is 3.16. The molecule has 0 saturated heterocycles. The number of hydrogen-bond acceptors (Lipinski definition) is 4. The van der Waals surface area contributed by atoms with E-state index >= 15 is 0 Å². The van der Waals surface area contributed by atoms with Crippen molar-refractivity contribution >= 4 is 10.9 Å². The largest absolute Gasteiger partial charge is 0.339 e. The van der Waals surface area contributed by atoms with Crippen LogP contribution in [0, 0.1) is 0 Å². The van der Waals surface area contributed by atoms with Crippen LogP contribution >= 0.6 is 0 Å². The van der Waals surface area contributed by atoms with Gasteiger partial charge >= 0.3 is 0 Å². The van der Waals surface area contributed by atoms with Crippen LogP contribution in [0.1, 0.15) is 57.3 Å². The summed E-state index contributed by atoms with van der Waals surface area (Å²) in [5, 5.41) is 12.3. The number of H-pyrrole nitrogens is 1. The van der Waals surface area contributed by atoms with Crippen molar-refractivity contribution in [2.75, 3.05) is 0 Å². The number of benzene rings is 1. The van der Waals surface area contributed by atoms with E-state index < -0.39 is 0 Å². The van der Waals surface area contributed by atoms with Crippen molar-refractivity contribution in [3.63, 3.8) is 0 Å². The minimum absolute atomic E-state index is 0.0193. The van der Waals surface area contributed by atoms with Crippen LogP contribution in [0.4, 0.5) is 0 Å². The van der Waals surface area contributed by atoms with Gasteiger partial charge in [0.05, 0.1) is 11.7 Å². The van der Waals surface area contributed by atoms with Gasteiger partial charge in [-0.3, -0.25) is 5.10 Å². The highest BCUT2D eigenvalue weighted by atomic mass is 16.5. The minimum atomic E-state index is -0.0193. The number of aromatic nitrogens is 4. The van der Waals surface area contributed by atoms with Crippen molar-refractivity contribution in [3.05, 3.63) is 41.7 Å². The Kier molecular flexibility index (Phi) is 3.96. The lowest BCUT2D eigenvalue weighted by Gasteiger charge is -2.22. The molecule has 1 N–H and O–H groups in total. The molecule has 0 bridgehead atoms. The van der Waals surface area contributed by atoms with Crippen molar-refractivity contribution in [3.8, 4) is 0 Å². The lowest BCUT2D eigenvalue weighted by atomic mass is 9.83. The van der Waals surface area contributed by atoms with Crippen molar-refractivity contribution < 1.29 is 4.52 Å². The van der Waals surface area contributed by atoms with Gasteiger partial charge in [-0.05, 0) is 30.5 Å². The summed E-state index contributed by atoms with van der Waals surface area (Å²) in [7, 11) is 0. The molecule has 0 fully saturated rings. The maximum atomic E-state index is 5.54. The molecule has 2 aromatic heterocycles. The Labute approximate surface area is 130 Å². The topological polar surface area (TPSA) is 67.6 Å². The zero-order valence-electron chi connectivity index (χ0n) is 13.4. The van der Waals surface area contributed by atoms with Crippen molar-refractivity contribution in [2.45, 2.75) is 51.9 Å². The fraction of sp³-hybridized carbons (Fsp3) is 0.471. The molecule has 5 heteroatoms. The second kappa shape index (κ2) is 5.91. The van der Waals surface area contributed by atoms with Gasteiger partial charge in [0.1, 0.15) is 0 Å². The van der Waals surface area contributed by atoms with Crippen LogP contribution in [0.15, 0.2) is 28.9 Å². The highest BCUT2D eigenvalue weighted by Gasteiger charge is 2.30. The lowest BCUT2D eigenvalue weighted by Crippen LogP contribution is -2.21. The van der Waals surface area contributed by atoms with E-state index in [9.17, 15) is 0 Å². The van der Waals surface area contributed by atoms with E-state index in [1.807, 2.05) is 12.3 Å². The first-order valence-corrected chi connectivity index (χ1v) is 7.89. The zero-order valence-corrected chi connectivity index (χ0v) is 13.4. The SMILES string of the molecule is CCCC(C)(CC)c1nc(Cc2ccc3[nH]ncc3c2)no1. The van der Waals surface area contributed by atoms with Crippen LogP contribution < -0.4 is 0 Å². The number of rotatable bonds is 6. The quantitative estimate of drug-likeness (QED) is 0.746. The molecule has 2 heterocycles. The second-order valence-electron chi connectivity index (χ2n) is 6.15. The summed E-state index contributed by atoms with van der Waals surface area (Å²) in [6, 6.07) is 6.22. The predicted molar refractivity (Wildman–Crippen MR) is 85.7 cm³/mol. The van der Waals surface area contributed by atoms with E-state index in [-0.39, 0.29) is 5.41 Å². The molecular weight excluding hydrogens is 276 g/mol. The Morgan fingerprint density at radius 2 is 2.14 bits per heavy atom. The van der Waals surface area contributed by atoms with E-state index in [4.69, 9.17) is 4.52 Å². The van der Waals surface area contributed by atoms with Gasteiger partial charge in [0.15, 0.2) is 5.82 Å². The zero-order chi connectivity index (χ0) is 15.6. The smallest absolute Gasteiger partial charge is 0.232 e. The van der Waals surface area contributed by atoms with Gasteiger partial charge in [0.2, 0.25) is 5.89 Å². The van der Waals surface area contributed by atoms with Crippen LogP contribution in [-0.4, -0.2) is 20.3 Å². The maximum absolute atomic E-state index is 5.54. The van der Waals surface area contributed by atoms with Gasteiger partial charge in [0, 0.05) is 17.2 Å². The van der Waals surface area contributed by atoms with Crippen LogP contribution in [0.3, 0.4) is 0 Å². The first-order valence-electron chi connectivity index (χ1n) is 7.89. The molecule has 1 aromatic carbocycles. The molecule has 5 nitrogen and oxygen atoms in total. The lowest BCUT2D eigenvalue weighted by molar-refractivity contribution is 0.270. The number of nitrogens with zero attached hydrogens (tertiary/aromatic N) is 3. The molecular formula is C17H22N4O. The number of hydrogen-bond donors (Lipinski definition) is 1. The Bertz CT molecular complexity index is 761. The van der Waals surface area contributed by atoms with Crippen LogP contribution in [0.2, 0.25) is 0 Å². The third-order valence-electron chi connectivity index (χ3n) is 4.43. The summed E-state index contributed by atoms with van der Waals surface area (Å²) in [6.45, 7) is 6.56. The predicted octanol–water partition coefficient (Wildman–Crippen LogP) is 4.00. The standard InChI is InChI=1S/C17H22N4O/c1-4-8-17(3,5-2)16-19-15(21-22-16)10-12-6-7-14-13(9-12)11-18-20-14/h6-7,9,11H,4-5,8,10H2,1-3H3,(H,18,20). The highest BCUT2D eigenvalue weighted by molar-refractivity contribution is 5.78. The molecule has 0 aliphatic heterocycles. The first kappa shape index (κ1) is 14.8. The van der Waals surface area contributed by atoms with E-state index in [1.165, 1.54) is 0 Å². The average molecular weight is 298 g/mol. The summed E-state index contributed by atoms with van der Waals surface area (Å²) < 4.78 is 5.54. The Morgan fingerprint density at radius 3 is 2.91 bits per heavy atom. The molecule has 22 heavy (non-hydrogen) atoms. The van der Waals surface area contributed by atoms with E-state index in [2.05, 4.69) is 53.2 Å². The molecule has 0 aliphatic carbocycles. The monoisotopic (exact) mass is 298 g/mol. The van der Waals surface area contributed by atoms with Crippen molar-refractivity contribution in [2.24, 2.45) is 0 Å². The fourth-order valence-corrected chi connectivity index (χ4v) is 2.84. The Hall–Kier alpha value is -2.17. The number of nitrogens with one attached hydrogen (secondary N) is 1. The molecule has 1 unspecified atom stereocenters. The van der Waals surface area contributed by atoms with Crippen molar-refractivity contribution in [1.82, 2.24) is 20.3 Å². The van der Waals surface area contributed by atoms with Crippen LogP contribution in [-0.2, 0) is 11.8 Å². The summed E-state index contributed by atoms with van der Waals surface area (Å²) in [4.78, 5) is 4.63. The minimum Gasteiger partial charge on any atom is -0.339 e. The van der Waals surface area contributed by atoms with Crippen LogP contribution in [0.5, 0.6) is 0 Å². The van der Waals surface area contributed by atoms with Gasteiger partial charge in [0.25, 0.3) is 0 Å². The Morgan fingerprint density at radius 1 is 1.27 bits per heavy atom.